The first-order chi connectivity index (χ1) is 9.29. The molecular weight excluding hydrogens is 236 g/mol. The summed E-state index contributed by atoms with van der Waals surface area (Å²) in [5.41, 5.74) is 4.28. The number of hydrogen-bond donors (Lipinski definition) is 1. The van der Waals surface area contributed by atoms with Gasteiger partial charge < -0.3 is 10.2 Å². The number of fused-ring (bicyclic) bond motifs is 1. The Morgan fingerprint density at radius 3 is 2.79 bits per heavy atom. The molecule has 1 aliphatic rings. The predicted molar refractivity (Wildman–Crippen MR) is 75.8 cm³/mol. The average Bonchev–Trinajstić information content (AvgIpc) is 2.90. The number of benzene rings is 2. The number of amides is 1. The lowest BCUT2D eigenvalue weighted by molar-refractivity contribution is 0.0963. The second-order valence-electron chi connectivity index (χ2n) is 4.56. The van der Waals surface area contributed by atoms with Crippen LogP contribution in [0.4, 0.5) is 11.4 Å². The third-order valence-electron chi connectivity index (χ3n) is 3.46. The van der Waals surface area contributed by atoms with Crippen LogP contribution in [-0.4, -0.2) is 19.5 Å². The van der Waals surface area contributed by atoms with Crippen molar-refractivity contribution in [2.45, 2.75) is 6.42 Å². The van der Waals surface area contributed by atoms with Gasteiger partial charge in [0.2, 0.25) is 0 Å². The lowest BCUT2D eigenvalue weighted by atomic mass is 10.1. The number of nitrogens with zero attached hydrogens (tertiary/aromatic N) is 1. The molecule has 0 aliphatic carbocycles. The molecule has 0 spiro atoms. The fraction of sp³-hybridized carbons (Fsp3) is 0.188. The zero-order chi connectivity index (χ0) is 13.2. The summed E-state index contributed by atoms with van der Waals surface area (Å²) in [5, 5.41) is 2.63. The molecule has 2 aromatic rings. The summed E-state index contributed by atoms with van der Waals surface area (Å²) in [6, 6.07) is 17.1. The van der Waals surface area contributed by atoms with E-state index >= 15 is 0 Å². The van der Waals surface area contributed by atoms with Crippen LogP contribution in [0.15, 0.2) is 42.5 Å². The van der Waals surface area contributed by atoms with Gasteiger partial charge in [0, 0.05) is 30.5 Å². The normalized spacial score (nSPS) is 13.2. The van der Waals surface area contributed by atoms with E-state index in [1.807, 2.05) is 36.4 Å². The van der Waals surface area contributed by atoms with Gasteiger partial charge in [-0.3, -0.25) is 4.79 Å². The van der Waals surface area contributed by atoms with Gasteiger partial charge in [0.25, 0.3) is 5.91 Å². The Morgan fingerprint density at radius 2 is 2.05 bits per heavy atom. The minimum Gasteiger partial charge on any atom is -0.355 e. The Kier molecular flexibility index (Phi) is 2.95. The Bertz CT molecular complexity index is 604. The maximum Gasteiger partial charge on any atom is 0.251 e. The zero-order valence-electron chi connectivity index (χ0n) is 10.8. The van der Waals surface area contributed by atoms with Crippen LogP contribution < -0.4 is 10.2 Å². The van der Waals surface area contributed by atoms with E-state index in [0.29, 0.717) is 5.56 Å². The minimum atomic E-state index is -0.0540. The van der Waals surface area contributed by atoms with Gasteiger partial charge in [0.05, 0.1) is 0 Å². The summed E-state index contributed by atoms with van der Waals surface area (Å²) < 4.78 is 0. The van der Waals surface area contributed by atoms with Crippen LogP contribution >= 0.6 is 0 Å². The molecule has 1 radical (unpaired) electrons. The van der Waals surface area contributed by atoms with Crippen LogP contribution in [0, 0.1) is 6.07 Å². The van der Waals surface area contributed by atoms with E-state index in [1.54, 1.807) is 7.05 Å². The molecule has 3 nitrogen and oxygen atoms in total. The number of hydrogen-bond acceptors (Lipinski definition) is 2. The van der Waals surface area contributed by atoms with Crippen molar-refractivity contribution in [1.29, 1.82) is 0 Å². The molecular formula is C16H15N2O. The van der Waals surface area contributed by atoms with Crippen molar-refractivity contribution in [1.82, 2.24) is 5.32 Å². The fourth-order valence-electron chi connectivity index (χ4n) is 2.46. The highest BCUT2D eigenvalue weighted by atomic mass is 16.1. The average molecular weight is 251 g/mol. The lowest BCUT2D eigenvalue weighted by Gasteiger charge is -2.19. The maximum atomic E-state index is 11.5. The van der Waals surface area contributed by atoms with Gasteiger partial charge in [0.1, 0.15) is 0 Å². The molecule has 0 saturated heterocycles. The second-order valence-corrected chi connectivity index (χ2v) is 4.56. The molecule has 0 saturated carbocycles. The minimum absolute atomic E-state index is 0.0540. The third-order valence-corrected chi connectivity index (χ3v) is 3.46. The van der Waals surface area contributed by atoms with Crippen molar-refractivity contribution in [2.24, 2.45) is 0 Å². The van der Waals surface area contributed by atoms with Crippen LogP contribution in [0.5, 0.6) is 0 Å². The van der Waals surface area contributed by atoms with Gasteiger partial charge in [-0.05, 0) is 48.4 Å². The summed E-state index contributed by atoms with van der Waals surface area (Å²) >= 11 is 0. The SMILES string of the molecule is CNC(=O)c1ccc(N2CCc3[c]cccc32)cc1. The van der Waals surface area contributed by atoms with Gasteiger partial charge in [0.15, 0.2) is 0 Å². The molecule has 3 heteroatoms. The highest BCUT2D eigenvalue weighted by molar-refractivity contribution is 5.94. The van der Waals surface area contributed by atoms with E-state index in [9.17, 15) is 4.79 Å². The van der Waals surface area contributed by atoms with Gasteiger partial charge in [-0.2, -0.15) is 0 Å². The zero-order valence-corrected chi connectivity index (χ0v) is 10.8. The summed E-state index contributed by atoms with van der Waals surface area (Å²) in [6.07, 6.45) is 1.02. The summed E-state index contributed by atoms with van der Waals surface area (Å²) in [7, 11) is 1.64. The van der Waals surface area contributed by atoms with Crippen LogP contribution in [0.1, 0.15) is 15.9 Å². The Balaban J connectivity index is 1.90. The largest absolute Gasteiger partial charge is 0.355 e. The van der Waals surface area contributed by atoms with Crippen molar-refractivity contribution in [2.75, 3.05) is 18.5 Å². The van der Waals surface area contributed by atoms with E-state index in [1.165, 1.54) is 11.3 Å². The van der Waals surface area contributed by atoms with E-state index in [2.05, 4.69) is 22.3 Å². The van der Waals surface area contributed by atoms with Crippen molar-refractivity contribution in [3.63, 3.8) is 0 Å². The number of carbonyl (C=O) groups is 1. The third kappa shape index (κ3) is 2.08. The first-order valence-corrected chi connectivity index (χ1v) is 6.39. The first-order valence-electron chi connectivity index (χ1n) is 6.39. The highest BCUT2D eigenvalue weighted by Gasteiger charge is 2.19. The van der Waals surface area contributed by atoms with Crippen LogP contribution in [0.2, 0.25) is 0 Å². The molecule has 0 fully saturated rings. The predicted octanol–water partition coefficient (Wildman–Crippen LogP) is 2.54. The molecule has 3 rings (SSSR count). The van der Waals surface area contributed by atoms with E-state index in [-0.39, 0.29) is 5.91 Å². The first kappa shape index (κ1) is 11.8. The number of anilines is 2. The molecule has 0 atom stereocenters. The smallest absolute Gasteiger partial charge is 0.251 e. The second kappa shape index (κ2) is 4.76. The Morgan fingerprint density at radius 1 is 1.26 bits per heavy atom. The molecule has 1 heterocycles. The number of nitrogens with one attached hydrogen (secondary N) is 1. The molecule has 95 valence electrons. The van der Waals surface area contributed by atoms with Gasteiger partial charge >= 0.3 is 0 Å². The quantitative estimate of drug-likeness (QED) is 0.889. The molecule has 1 N–H and O–H groups in total. The lowest BCUT2D eigenvalue weighted by Crippen LogP contribution is -2.18. The van der Waals surface area contributed by atoms with Crippen molar-refractivity contribution in [3.05, 3.63) is 59.7 Å². The van der Waals surface area contributed by atoms with Gasteiger partial charge in [-0.25, -0.2) is 0 Å². The van der Waals surface area contributed by atoms with Crippen molar-refractivity contribution in [3.8, 4) is 0 Å². The van der Waals surface area contributed by atoms with Crippen LogP contribution in [0.3, 0.4) is 0 Å². The highest BCUT2D eigenvalue weighted by Crippen LogP contribution is 2.33. The standard InChI is InChI=1S/C16H15N2O/c1-17-16(19)13-6-8-14(9-7-13)18-11-10-12-4-2-3-5-15(12)18/h2-3,5-9H,10-11H2,1H3,(H,17,19). The number of rotatable bonds is 2. The monoisotopic (exact) mass is 251 g/mol. The Hall–Kier alpha value is -2.29. The Labute approximate surface area is 112 Å². The van der Waals surface area contributed by atoms with Crippen LogP contribution in [-0.2, 0) is 6.42 Å². The van der Waals surface area contributed by atoms with E-state index < -0.39 is 0 Å². The topological polar surface area (TPSA) is 32.3 Å². The summed E-state index contributed by atoms with van der Waals surface area (Å²) in [5.74, 6) is -0.0540. The molecule has 0 bridgehead atoms. The molecule has 0 unspecified atom stereocenters. The maximum absolute atomic E-state index is 11.5. The van der Waals surface area contributed by atoms with Crippen molar-refractivity contribution < 1.29 is 4.79 Å². The summed E-state index contributed by atoms with van der Waals surface area (Å²) in [6.45, 7) is 0.967. The molecule has 2 aromatic carbocycles. The van der Waals surface area contributed by atoms with Crippen molar-refractivity contribution >= 4 is 17.3 Å². The fourth-order valence-corrected chi connectivity index (χ4v) is 2.46. The molecule has 1 aliphatic heterocycles. The van der Waals surface area contributed by atoms with Crippen LogP contribution in [0.25, 0.3) is 0 Å². The van der Waals surface area contributed by atoms with E-state index in [0.717, 1.165) is 18.7 Å². The number of carbonyl (C=O) groups excluding carboxylic acids is 1. The van der Waals surface area contributed by atoms with Gasteiger partial charge in [-0.1, -0.05) is 12.1 Å². The van der Waals surface area contributed by atoms with E-state index in [4.69, 9.17) is 0 Å². The molecule has 0 aromatic heterocycles. The van der Waals surface area contributed by atoms with Gasteiger partial charge in [-0.15, -0.1) is 0 Å². The molecule has 1 amide bonds. The molecule has 19 heavy (non-hydrogen) atoms. The summed E-state index contributed by atoms with van der Waals surface area (Å²) in [4.78, 5) is 13.8.